The van der Waals surface area contributed by atoms with Crippen LogP contribution >= 0.6 is 23.2 Å². The first kappa shape index (κ1) is 19.0. The Bertz CT molecular complexity index is 857. The Hall–Kier alpha value is -1.78. The molecule has 1 atom stereocenters. The molecule has 0 saturated heterocycles. The lowest BCUT2D eigenvalue weighted by Crippen LogP contribution is -2.16. The molecule has 0 fully saturated rings. The maximum atomic E-state index is 9.58. The van der Waals surface area contributed by atoms with E-state index in [1.165, 1.54) is 0 Å². The van der Waals surface area contributed by atoms with E-state index in [-0.39, 0.29) is 0 Å². The van der Waals surface area contributed by atoms with Gasteiger partial charge in [-0.05, 0) is 55.3 Å². The zero-order valence-electron chi connectivity index (χ0n) is 14.5. The maximum absolute atomic E-state index is 9.58. The number of halogens is 2. The lowest BCUT2D eigenvalue weighted by Gasteiger charge is -2.06. The van der Waals surface area contributed by atoms with Crippen LogP contribution in [0.3, 0.4) is 0 Å². The fourth-order valence-corrected chi connectivity index (χ4v) is 3.22. The summed E-state index contributed by atoms with van der Waals surface area (Å²) in [5.41, 5.74) is 2.96. The number of hydrogen-bond acceptors (Lipinski definition) is 3. The summed E-state index contributed by atoms with van der Waals surface area (Å²) in [6, 6.07) is 17.2. The molecule has 5 heteroatoms. The van der Waals surface area contributed by atoms with Gasteiger partial charge in [-0.2, -0.15) is 0 Å². The highest BCUT2D eigenvalue weighted by atomic mass is 35.5. The van der Waals surface area contributed by atoms with E-state index in [0.29, 0.717) is 16.6 Å². The average molecular weight is 390 g/mol. The molecule has 2 aromatic carbocycles. The molecule has 1 heterocycles. The first-order chi connectivity index (χ1) is 12.5. The molecule has 3 aromatic rings. The van der Waals surface area contributed by atoms with Crippen LogP contribution in [0.2, 0.25) is 10.0 Å². The Morgan fingerprint density at radius 2 is 1.81 bits per heavy atom. The van der Waals surface area contributed by atoms with Gasteiger partial charge in [-0.15, -0.1) is 0 Å². The van der Waals surface area contributed by atoms with Crippen LogP contribution < -0.4 is 5.32 Å². The van der Waals surface area contributed by atoms with Crippen molar-refractivity contribution < 1.29 is 9.52 Å². The third-order valence-corrected chi connectivity index (χ3v) is 4.81. The predicted octanol–water partition coefficient (Wildman–Crippen LogP) is 5.64. The van der Waals surface area contributed by atoms with Crippen molar-refractivity contribution in [2.75, 3.05) is 6.54 Å². The highest BCUT2D eigenvalue weighted by Crippen LogP contribution is 2.24. The Labute approximate surface area is 163 Å². The first-order valence-electron chi connectivity index (χ1n) is 8.54. The van der Waals surface area contributed by atoms with Gasteiger partial charge in [-0.3, -0.25) is 0 Å². The maximum Gasteiger partial charge on any atom is 0.134 e. The Morgan fingerprint density at radius 3 is 2.50 bits per heavy atom. The molecular formula is C21H21Cl2NO2. The summed E-state index contributed by atoms with van der Waals surface area (Å²) in [5.74, 6) is 1.70. The van der Waals surface area contributed by atoms with E-state index in [1.54, 1.807) is 13.0 Å². The zero-order valence-corrected chi connectivity index (χ0v) is 16.0. The molecule has 0 aliphatic heterocycles. The molecule has 0 spiro atoms. The molecule has 3 rings (SSSR count). The topological polar surface area (TPSA) is 45.4 Å². The van der Waals surface area contributed by atoms with E-state index in [2.05, 4.69) is 5.32 Å². The van der Waals surface area contributed by atoms with Crippen molar-refractivity contribution in [3.8, 4) is 11.3 Å². The van der Waals surface area contributed by atoms with E-state index >= 15 is 0 Å². The van der Waals surface area contributed by atoms with Crippen molar-refractivity contribution in [3.05, 3.63) is 81.5 Å². The summed E-state index contributed by atoms with van der Waals surface area (Å²) in [5, 5.41) is 14.3. The van der Waals surface area contributed by atoms with Gasteiger partial charge in [0.1, 0.15) is 11.5 Å². The van der Waals surface area contributed by atoms with Gasteiger partial charge < -0.3 is 14.8 Å². The summed E-state index contributed by atoms with van der Waals surface area (Å²) in [7, 11) is 0. The summed E-state index contributed by atoms with van der Waals surface area (Å²) < 4.78 is 5.89. The van der Waals surface area contributed by atoms with Gasteiger partial charge in [0.15, 0.2) is 0 Å². The molecule has 0 amide bonds. The quantitative estimate of drug-likeness (QED) is 0.514. The Morgan fingerprint density at radius 1 is 1.04 bits per heavy atom. The SMILES string of the molecule is CC(O)c1ccc(-c2ccc(CNCCc3ccc(Cl)cc3Cl)o2)cc1. The second-order valence-electron chi connectivity index (χ2n) is 6.23. The number of furan rings is 1. The largest absolute Gasteiger partial charge is 0.460 e. The molecule has 0 bridgehead atoms. The van der Waals surface area contributed by atoms with Crippen LogP contribution in [0.15, 0.2) is 59.0 Å². The number of rotatable bonds is 7. The van der Waals surface area contributed by atoms with Crippen molar-refractivity contribution in [1.29, 1.82) is 0 Å². The number of aliphatic hydroxyl groups is 1. The zero-order chi connectivity index (χ0) is 18.5. The number of hydrogen-bond donors (Lipinski definition) is 2. The number of benzene rings is 2. The van der Waals surface area contributed by atoms with Crippen LogP contribution in [0.1, 0.15) is 29.9 Å². The highest BCUT2D eigenvalue weighted by Gasteiger charge is 2.07. The van der Waals surface area contributed by atoms with Gasteiger partial charge >= 0.3 is 0 Å². The molecule has 0 radical (unpaired) electrons. The lowest BCUT2D eigenvalue weighted by molar-refractivity contribution is 0.199. The van der Waals surface area contributed by atoms with Crippen LogP contribution in [0.25, 0.3) is 11.3 Å². The Kier molecular flexibility index (Phi) is 6.38. The highest BCUT2D eigenvalue weighted by molar-refractivity contribution is 6.35. The number of aliphatic hydroxyl groups excluding tert-OH is 1. The molecule has 1 aromatic heterocycles. The minimum Gasteiger partial charge on any atom is -0.460 e. The van der Waals surface area contributed by atoms with Crippen molar-refractivity contribution in [1.82, 2.24) is 5.32 Å². The van der Waals surface area contributed by atoms with E-state index < -0.39 is 6.10 Å². The van der Waals surface area contributed by atoms with Crippen molar-refractivity contribution in [2.24, 2.45) is 0 Å². The third-order valence-electron chi connectivity index (χ3n) is 4.22. The fourth-order valence-electron chi connectivity index (χ4n) is 2.71. The average Bonchev–Trinajstić information content (AvgIpc) is 3.09. The molecular weight excluding hydrogens is 369 g/mol. The first-order valence-corrected chi connectivity index (χ1v) is 9.30. The lowest BCUT2D eigenvalue weighted by atomic mass is 10.1. The van der Waals surface area contributed by atoms with Gasteiger partial charge in [0.05, 0.1) is 12.6 Å². The second kappa shape index (κ2) is 8.74. The van der Waals surface area contributed by atoms with Gasteiger partial charge in [0.25, 0.3) is 0 Å². The van der Waals surface area contributed by atoms with Crippen LogP contribution in [-0.4, -0.2) is 11.7 Å². The monoisotopic (exact) mass is 389 g/mol. The minimum atomic E-state index is -0.463. The molecule has 136 valence electrons. The smallest absolute Gasteiger partial charge is 0.134 e. The summed E-state index contributed by atoms with van der Waals surface area (Å²) in [4.78, 5) is 0. The molecule has 2 N–H and O–H groups in total. The van der Waals surface area contributed by atoms with Crippen molar-refractivity contribution in [2.45, 2.75) is 26.0 Å². The van der Waals surface area contributed by atoms with Gasteiger partial charge in [-0.25, -0.2) is 0 Å². The fraction of sp³-hybridized carbons (Fsp3) is 0.238. The van der Waals surface area contributed by atoms with Gasteiger partial charge in [0, 0.05) is 15.6 Å². The molecule has 1 unspecified atom stereocenters. The van der Waals surface area contributed by atoms with E-state index in [4.69, 9.17) is 27.6 Å². The molecule has 0 aliphatic rings. The summed E-state index contributed by atoms with van der Waals surface area (Å²) >= 11 is 12.1. The van der Waals surface area contributed by atoms with Crippen LogP contribution in [0.5, 0.6) is 0 Å². The molecule has 0 aliphatic carbocycles. The van der Waals surface area contributed by atoms with Crippen molar-refractivity contribution >= 4 is 23.2 Å². The second-order valence-corrected chi connectivity index (χ2v) is 7.07. The van der Waals surface area contributed by atoms with Gasteiger partial charge in [-0.1, -0.05) is 53.5 Å². The van der Waals surface area contributed by atoms with Crippen LogP contribution in [0, 0.1) is 0 Å². The van der Waals surface area contributed by atoms with E-state index in [9.17, 15) is 5.11 Å². The molecule has 3 nitrogen and oxygen atoms in total. The molecule has 0 saturated carbocycles. The van der Waals surface area contributed by atoms with Crippen molar-refractivity contribution in [3.63, 3.8) is 0 Å². The van der Waals surface area contributed by atoms with E-state index in [0.717, 1.165) is 41.2 Å². The van der Waals surface area contributed by atoms with E-state index in [1.807, 2.05) is 48.5 Å². The predicted molar refractivity (Wildman–Crippen MR) is 107 cm³/mol. The normalized spacial score (nSPS) is 12.3. The summed E-state index contributed by atoms with van der Waals surface area (Å²) in [6.45, 7) is 3.19. The van der Waals surface area contributed by atoms with Crippen LogP contribution in [0.4, 0.5) is 0 Å². The third kappa shape index (κ3) is 4.89. The minimum absolute atomic E-state index is 0.463. The standard InChI is InChI=1S/C21H21Cl2NO2/c1-14(25)15-2-4-17(5-3-15)21-9-8-19(26-21)13-24-11-10-16-6-7-18(22)12-20(16)23/h2-9,12,14,24-25H,10-11,13H2,1H3. The summed E-state index contributed by atoms with van der Waals surface area (Å²) in [6.07, 6.45) is 0.360. The van der Waals surface area contributed by atoms with Crippen LogP contribution in [-0.2, 0) is 13.0 Å². The van der Waals surface area contributed by atoms with Gasteiger partial charge in [0.2, 0.25) is 0 Å². The molecule has 26 heavy (non-hydrogen) atoms. The Balaban J connectivity index is 1.52. The number of nitrogens with one attached hydrogen (secondary N) is 1.